The molecule has 2 aliphatic carbocycles. The predicted molar refractivity (Wildman–Crippen MR) is 107 cm³/mol. The molecule has 2 aromatic rings. The number of rotatable bonds is 3. The third-order valence-electron chi connectivity index (χ3n) is 5.71. The second kappa shape index (κ2) is 6.71. The highest BCUT2D eigenvalue weighted by Crippen LogP contribution is 2.42. The Morgan fingerprint density at radius 3 is 2.81 bits per heavy atom. The fraction of sp³-hybridized carbons (Fsp3) is 0.364. The molecule has 0 bridgehead atoms. The maximum atomic E-state index is 13.5. The van der Waals surface area contributed by atoms with E-state index in [-0.39, 0.29) is 17.9 Å². The molecule has 4 nitrogen and oxygen atoms in total. The summed E-state index contributed by atoms with van der Waals surface area (Å²) in [6, 6.07) is 14.8. The van der Waals surface area contributed by atoms with Gasteiger partial charge in [-0.15, -0.1) is 11.8 Å². The minimum Gasteiger partial charge on any atom is -0.329 e. The Morgan fingerprint density at radius 2 is 1.96 bits per heavy atom. The molecule has 2 amide bonds. The van der Waals surface area contributed by atoms with Crippen molar-refractivity contribution in [2.75, 3.05) is 11.1 Å². The van der Waals surface area contributed by atoms with Crippen LogP contribution in [0.15, 0.2) is 47.4 Å². The molecule has 0 aromatic heterocycles. The summed E-state index contributed by atoms with van der Waals surface area (Å²) in [5.74, 6) is 0.525. The van der Waals surface area contributed by atoms with Crippen molar-refractivity contribution in [3.63, 3.8) is 0 Å². The van der Waals surface area contributed by atoms with Crippen molar-refractivity contribution >= 4 is 29.3 Å². The summed E-state index contributed by atoms with van der Waals surface area (Å²) in [6.07, 6.45) is 5.41. The highest BCUT2D eigenvalue weighted by molar-refractivity contribution is 8.00. The maximum absolute atomic E-state index is 13.5. The van der Waals surface area contributed by atoms with E-state index < -0.39 is 0 Å². The lowest BCUT2D eigenvalue weighted by molar-refractivity contribution is -0.113. The van der Waals surface area contributed by atoms with Crippen LogP contribution in [0.5, 0.6) is 0 Å². The highest BCUT2D eigenvalue weighted by Gasteiger charge is 2.40. The van der Waals surface area contributed by atoms with Crippen LogP contribution in [-0.2, 0) is 11.2 Å². The van der Waals surface area contributed by atoms with Crippen LogP contribution < -0.4 is 5.32 Å². The van der Waals surface area contributed by atoms with Crippen molar-refractivity contribution in [2.45, 2.75) is 49.1 Å². The Labute approximate surface area is 163 Å². The quantitative estimate of drug-likeness (QED) is 0.860. The number of aryl methyl sites for hydroxylation is 1. The number of anilines is 1. The van der Waals surface area contributed by atoms with E-state index in [4.69, 9.17) is 0 Å². The van der Waals surface area contributed by atoms with Crippen LogP contribution in [0, 0.1) is 0 Å². The van der Waals surface area contributed by atoms with E-state index in [9.17, 15) is 9.59 Å². The Morgan fingerprint density at radius 1 is 1.11 bits per heavy atom. The average Bonchev–Trinajstić information content (AvgIpc) is 3.53. The van der Waals surface area contributed by atoms with Gasteiger partial charge in [0, 0.05) is 16.5 Å². The molecule has 0 spiro atoms. The molecule has 0 radical (unpaired) electrons. The van der Waals surface area contributed by atoms with Crippen LogP contribution in [0.1, 0.15) is 53.2 Å². The largest absolute Gasteiger partial charge is 0.329 e. The fourth-order valence-electron chi connectivity index (χ4n) is 4.30. The third-order valence-corrected chi connectivity index (χ3v) is 6.78. The van der Waals surface area contributed by atoms with E-state index >= 15 is 0 Å². The first kappa shape index (κ1) is 16.9. The molecule has 1 fully saturated rings. The Bertz CT molecular complexity index is 922. The molecule has 5 heteroatoms. The third kappa shape index (κ3) is 3.14. The molecule has 0 saturated heterocycles. The first-order chi connectivity index (χ1) is 13.2. The second-order valence-corrected chi connectivity index (χ2v) is 8.62. The smallest absolute Gasteiger partial charge is 0.254 e. The molecule has 138 valence electrons. The summed E-state index contributed by atoms with van der Waals surface area (Å²) < 4.78 is 0. The van der Waals surface area contributed by atoms with E-state index in [1.54, 1.807) is 0 Å². The van der Waals surface area contributed by atoms with Gasteiger partial charge >= 0.3 is 0 Å². The fourth-order valence-corrected chi connectivity index (χ4v) is 5.09. The maximum Gasteiger partial charge on any atom is 0.254 e. The molecule has 1 unspecified atom stereocenters. The van der Waals surface area contributed by atoms with Gasteiger partial charge in [0.05, 0.1) is 17.5 Å². The molecular weight excluding hydrogens is 356 g/mol. The van der Waals surface area contributed by atoms with Gasteiger partial charge in [0.2, 0.25) is 5.91 Å². The van der Waals surface area contributed by atoms with E-state index in [0.717, 1.165) is 42.7 Å². The van der Waals surface area contributed by atoms with Crippen molar-refractivity contribution in [2.24, 2.45) is 0 Å². The summed E-state index contributed by atoms with van der Waals surface area (Å²) in [7, 11) is 0. The lowest BCUT2D eigenvalue weighted by atomic mass is 9.86. The van der Waals surface area contributed by atoms with E-state index in [0.29, 0.717) is 17.4 Å². The minimum absolute atomic E-state index is 0.00245. The van der Waals surface area contributed by atoms with Gasteiger partial charge in [0.25, 0.3) is 5.91 Å². The van der Waals surface area contributed by atoms with Gasteiger partial charge in [-0.3, -0.25) is 9.59 Å². The van der Waals surface area contributed by atoms with Crippen LogP contribution in [-0.4, -0.2) is 28.5 Å². The molecule has 2 aromatic carbocycles. The van der Waals surface area contributed by atoms with E-state index in [1.165, 1.54) is 22.9 Å². The Hall–Kier alpha value is -2.27. The van der Waals surface area contributed by atoms with Gasteiger partial charge in [0.1, 0.15) is 0 Å². The number of nitrogens with one attached hydrogen (secondary N) is 1. The number of amides is 2. The van der Waals surface area contributed by atoms with Crippen molar-refractivity contribution in [3.05, 3.63) is 59.2 Å². The monoisotopic (exact) mass is 378 g/mol. The zero-order valence-electron chi connectivity index (χ0n) is 15.1. The Balaban J connectivity index is 1.49. The summed E-state index contributed by atoms with van der Waals surface area (Å²) in [4.78, 5) is 28.4. The Kier molecular flexibility index (Phi) is 4.20. The number of nitrogens with zero attached hydrogens (tertiary/aromatic N) is 1. The summed E-state index contributed by atoms with van der Waals surface area (Å²) in [5.41, 5.74) is 4.13. The summed E-state index contributed by atoms with van der Waals surface area (Å²) >= 11 is 1.53. The molecule has 1 aliphatic heterocycles. The number of carbonyl (C=O) groups is 2. The zero-order valence-corrected chi connectivity index (χ0v) is 15.9. The molecule has 5 rings (SSSR count). The zero-order chi connectivity index (χ0) is 18.4. The second-order valence-electron chi connectivity index (χ2n) is 7.60. The van der Waals surface area contributed by atoms with Crippen LogP contribution in [0.3, 0.4) is 0 Å². The van der Waals surface area contributed by atoms with Gasteiger partial charge in [-0.25, -0.2) is 0 Å². The average molecular weight is 378 g/mol. The molecule has 3 aliphatic rings. The van der Waals surface area contributed by atoms with Crippen molar-refractivity contribution in [3.8, 4) is 0 Å². The molecule has 1 N–H and O–H groups in total. The number of hydrogen-bond acceptors (Lipinski definition) is 3. The number of thioether (sulfide) groups is 1. The van der Waals surface area contributed by atoms with E-state index in [1.807, 2.05) is 18.2 Å². The van der Waals surface area contributed by atoms with Gasteiger partial charge < -0.3 is 10.2 Å². The topological polar surface area (TPSA) is 49.4 Å². The number of hydrogen-bond donors (Lipinski definition) is 1. The number of benzene rings is 2. The summed E-state index contributed by atoms with van der Waals surface area (Å²) in [6.45, 7) is 0. The molecule has 27 heavy (non-hydrogen) atoms. The van der Waals surface area contributed by atoms with Crippen molar-refractivity contribution in [1.82, 2.24) is 4.90 Å². The first-order valence-corrected chi connectivity index (χ1v) is 10.7. The van der Waals surface area contributed by atoms with Crippen LogP contribution in [0.2, 0.25) is 0 Å². The van der Waals surface area contributed by atoms with Gasteiger partial charge in [-0.1, -0.05) is 24.3 Å². The van der Waals surface area contributed by atoms with E-state index in [2.05, 4.69) is 34.5 Å². The SMILES string of the molecule is O=C1CSc2ccc(C(=O)N(C3CC3)C3CCCc4ccccc43)cc2N1. The van der Waals surface area contributed by atoms with Crippen molar-refractivity contribution < 1.29 is 9.59 Å². The molecule has 1 atom stereocenters. The predicted octanol–water partition coefficient (Wildman–Crippen LogP) is 4.41. The lowest BCUT2D eigenvalue weighted by Crippen LogP contribution is -2.38. The standard InChI is InChI=1S/C22H22N2O2S/c25-21-13-27-20-11-8-15(12-18(20)23-21)22(26)24(16-9-10-16)19-7-3-5-14-4-1-2-6-17(14)19/h1-2,4,6,8,11-12,16,19H,3,5,7,9-10,13H2,(H,23,25). The molecule has 1 heterocycles. The first-order valence-electron chi connectivity index (χ1n) is 9.68. The highest BCUT2D eigenvalue weighted by atomic mass is 32.2. The van der Waals surface area contributed by atoms with Crippen LogP contribution in [0.25, 0.3) is 0 Å². The normalized spacial score (nSPS) is 21.0. The number of carbonyl (C=O) groups excluding carboxylic acids is 2. The van der Waals surface area contributed by atoms with Gasteiger partial charge in [0.15, 0.2) is 0 Å². The van der Waals surface area contributed by atoms with Crippen molar-refractivity contribution in [1.29, 1.82) is 0 Å². The minimum atomic E-state index is -0.00245. The van der Waals surface area contributed by atoms with Crippen LogP contribution >= 0.6 is 11.8 Å². The van der Waals surface area contributed by atoms with Crippen LogP contribution in [0.4, 0.5) is 5.69 Å². The molecular formula is C22H22N2O2S. The molecule has 1 saturated carbocycles. The van der Waals surface area contributed by atoms with Gasteiger partial charge in [-0.2, -0.15) is 0 Å². The van der Waals surface area contributed by atoms with Gasteiger partial charge in [-0.05, 0) is 61.4 Å². The lowest BCUT2D eigenvalue weighted by Gasteiger charge is -2.36. The summed E-state index contributed by atoms with van der Waals surface area (Å²) in [5, 5.41) is 2.90. The number of fused-ring (bicyclic) bond motifs is 2.